The van der Waals surface area contributed by atoms with E-state index >= 15 is 0 Å². The molecule has 0 aliphatic carbocycles. The third-order valence-corrected chi connectivity index (χ3v) is 7.54. The maximum Gasteiger partial charge on any atom is 0.187 e. The monoisotopic (exact) mass is 452 g/mol. The van der Waals surface area contributed by atoms with Gasteiger partial charge in [-0.15, -0.1) is 0 Å². The van der Waals surface area contributed by atoms with E-state index in [-0.39, 0.29) is 24.4 Å². The largest absolute Gasteiger partial charge is 0.409 e. The van der Waals surface area contributed by atoms with Crippen molar-refractivity contribution < 1.29 is 22.4 Å². The Balaban J connectivity index is 3.32. The highest BCUT2D eigenvalue weighted by Crippen LogP contribution is 2.34. The summed E-state index contributed by atoms with van der Waals surface area (Å²) in [5, 5.41) is 0. The zero-order valence-electron chi connectivity index (χ0n) is 19.9. The highest BCUT2D eigenvalue weighted by molar-refractivity contribution is 6.71. The average molecular weight is 453 g/mol. The van der Waals surface area contributed by atoms with Gasteiger partial charge >= 0.3 is 0 Å². The molecule has 0 aromatic rings. The molecular formula is C18H44O5Si4. The minimum atomic E-state index is -1.84. The summed E-state index contributed by atoms with van der Waals surface area (Å²) in [5.41, 5.74) is 0. The summed E-state index contributed by atoms with van der Waals surface area (Å²) < 4.78 is 32.7. The van der Waals surface area contributed by atoms with Crippen LogP contribution in [-0.2, 0) is 22.4 Å². The molecule has 0 aromatic carbocycles. The van der Waals surface area contributed by atoms with E-state index in [4.69, 9.17) is 22.4 Å². The Labute approximate surface area is 172 Å². The van der Waals surface area contributed by atoms with Crippen LogP contribution in [0.4, 0.5) is 0 Å². The molecule has 5 unspecified atom stereocenters. The molecule has 162 valence electrons. The topological polar surface area (TPSA) is 46.2 Å². The van der Waals surface area contributed by atoms with Crippen LogP contribution >= 0.6 is 0 Å². The van der Waals surface area contributed by atoms with Gasteiger partial charge in [-0.2, -0.15) is 0 Å². The average Bonchev–Trinajstić information content (AvgIpc) is 2.32. The Kier molecular flexibility index (Phi) is 8.38. The van der Waals surface area contributed by atoms with Crippen molar-refractivity contribution in [1.29, 1.82) is 0 Å². The summed E-state index contributed by atoms with van der Waals surface area (Å²) in [7, 11) is -7.26. The molecule has 0 amide bonds. The van der Waals surface area contributed by atoms with Crippen LogP contribution in [0.5, 0.6) is 0 Å². The van der Waals surface area contributed by atoms with Gasteiger partial charge in [0.25, 0.3) is 0 Å². The second-order valence-electron chi connectivity index (χ2n) is 11.5. The van der Waals surface area contributed by atoms with Crippen LogP contribution in [0.3, 0.4) is 0 Å². The first kappa shape index (κ1) is 25.7. The zero-order chi connectivity index (χ0) is 21.4. The molecule has 5 atom stereocenters. The first-order valence-corrected chi connectivity index (χ1v) is 23.8. The molecule has 1 heterocycles. The van der Waals surface area contributed by atoms with Crippen LogP contribution in [-0.4, -0.2) is 64.0 Å². The molecule has 1 rings (SSSR count). The first-order valence-electron chi connectivity index (χ1n) is 10.1. The van der Waals surface area contributed by atoms with Gasteiger partial charge in [-0.05, 0) is 85.5 Å². The molecule has 0 N–H and O–H groups in total. The van der Waals surface area contributed by atoms with Gasteiger partial charge in [0.1, 0.15) is 12.2 Å². The van der Waals surface area contributed by atoms with Crippen molar-refractivity contribution in [2.75, 3.05) is 0 Å². The quantitative estimate of drug-likeness (QED) is 0.471. The van der Waals surface area contributed by atoms with Crippen molar-refractivity contribution in [2.45, 2.75) is 116 Å². The third kappa shape index (κ3) is 9.81. The normalized spacial score (nSPS) is 31.2. The van der Waals surface area contributed by atoms with Crippen LogP contribution in [0.25, 0.3) is 0 Å². The van der Waals surface area contributed by atoms with E-state index in [1.54, 1.807) is 0 Å². The minimum absolute atomic E-state index is 0.0964. The zero-order valence-corrected chi connectivity index (χ0v) is 23.9. The number of hydrogen-bond donors (Lipinski definition) is 0. The predicted octanol–water partition coefficient (Wildman–Crippen LogP) is 5.24. The first-order chi connectivity index (χ1) is 11.8. The van der Waals surface area contributed by atoms with Crippen molar-refractivity contribution in [3.8, 4) is 0 Å². The molecule has 1 aliphatic rings. The van der Waals surface area contributed by atoms with Crippen molar-refractivity contribution in [1.82, 2.24) is 0 Å². The summed E-state index contributed by atoms with van der Waals surface area (Å²) in [6.07, 6.45) is -1.05. The van der Waals surface area contributed by atoms with Crippen LogP contribution in [0.2, 0.25) is 78.6 Å². The van der Waals surface area contributed by atoms with Crippen LogP contribution in [0, 0.1) is 0 Å². The summed E-state index contributed by atoms with van der Waals surface area (Å²) >= 11 is 0. The van der Waals surface area contributed by atoms with Crippen LogP contribution < -0.4 is 0 Å². The van der Waals surface area contributed by atoms with Crippen molar-refractivity contribution in [3.05, 3.63) is 0 Å². The summed E-state index contributed by atoms with van der Waals surface area (Å²) in [6, 6.07) is 0. The summed E-state index contributed by atoms with van der Waals surface area (Å²) in [4.78, 5) is 0. The van der Waals surface area contributed by atoms with Gasteiger partial charge in [0, 0.05) is 0 Å². The molecule has 5 nitrogen and oxygen atoms in total. The SMILES string of the molecule is CC1OC(O[Si](C)(C)C)C(O[Si](C)(C)C)C(O[Si](C)(C)C)C1O[Si](C)(C)C. The standard InChI is InChI=1S/C18H44O5Si4/c1-14-15(20-24(2,3)4)16(21-25(5,6)7)17(22-26(8,9)10)18(19-14)23-27(11,12)13/h14-18H,1-13H3. The van der Waals surface area contributed by atoms with Crippen molar-refractivity contribution in [2.24, 2.45) is 0 Å². The van der Waals surface area contributed by atoms with E-state index < -0.39 is 39.6 Å². The molecule has 0 spiro atoms. The van der Waals surface area contributed by atoms with Gasteiger partial charge in [-0.1, -0.05) is 0 Å². The fourth-order valence-electron chi connectivity index (χ4n) is 3.06. The predicted molar refractivity (Wildman–Crippen MR) is 123 cm³/mol. The van der Waals surface area contributed by atoms with Gasteiger partial charge < -0.3 is 22.4 Å². The molecule has 0 bridgehead atoms. The van der Waals surface area contributed by atoms with Gasteiger partial charge in [-0.25, -0.2) is 0 Å². The Hall–Kier alpha value is 0.668. The van der Waals surface area contributed by atoms with E-state index in [0.29, 0.717) is 0 Å². The van der Waals surface area contributed by atoms with E-state index in [9.17, 15) is 0 Å². The van der Waals surface area contributed by atoms with Gasteiger partial charge in [0.2, 0.25) is 0 Å². The van der Waals surface area contributed by atoms with Gasteiger partial charge in [0.05, 0.1) is 12.2 Å². The maximum atomic E-state index is 6.70. The molecule has 0 radical (unpaired) electrons. The fourth-order valence-corrected chi connectivity index (χ4v) is 7.24. The minimum Gasteiger partial charge on any atom is -0.409 e. The summed E-state index contributed by atoms with van der Waals surface area (Å²) in [6.45, 7) is 28.6. The lowest BCUT2D eigenvalue weighted by atomic mass is 10.0. The van der Waals surface area contributed by atoms with E-state index in [1.807, 2.05) is 0 Å². The third-order valence-electron chi connectivity index (χ3n) is 3.67. The smallest absolute Gasteiger partial charge is 0.187 e. The summed E-state index contributed by atoms with van der Waals surface area (Å²) in [5.74, 6) is 0. The van der Waals surface area contributed by atoms with Gasteiger partial charge in [0.15, 0.2) is 39.6 Å². The van der Waals surface area contributed by atoms with E-state index in [0.717, 1.165) is 0 Å². The Morgan fingerprint density at radius 3 is 1.19 bits per heavy atom. The molecule has 1 aliphatic heterocycles. The van der Waals surface area contributed by atoms with E-state index in [1.165, 1.54) is 0 Å². The Morgan fingerprint density at radius 2 is 0.815 bits per heavy atom. The maximum absolute atomic E-state index is 6.70. The lowest BCUT2D eigenvalue weighted by Gasteiger charge is -2.51. The highest BCUT2D eigenvalue weighted by atomic mass is 28.4. The highest BCUT2D eigenvalue weighted by Gasteiger charge is 2.51. The van der Waals surface area contributed by atoms with Crippen LogP contribution in [0.1, 0.15) is 6.92 Å². The number of ether oxygens (including phenoxy) is 1. The van der Waals surface area contributed by atoms with Crippen molar-refractivity contribution in [3.63, 3.8) is 0 Å². The number of rotatable bonds is 8. The second kappa shape index (κ2) is 8.81. The number of hydrogen-bond acceptors (Lipinski definition) is 5. The fraction of sp³-hybridized carbons (Fsp3) is 1.00. The molecule has 9 heteroatoms. The Morgan fingerprint density at radius 1 is 0.481 bits per heavy atom. The van der Waals surface area contributed by atoms with Crippen LogP contribution in [0.15, 0.2) is 0 Å². The molecule has 27 heavy (non-hydrogen) atoms. The molecular weight excluding hydrogens is 409 g/mol. The molecule has 1 fully saturated rings. The van der Waals surface area contributed by atoms with Crippen molar-refractivity contribution >= 4 is 33.3 Å². The molecule has 0 aromatic heterocycles. The van der Waals surface area contributed by atoms with E-state index in [2.05, 4.69) is 85.5 Å². The lowest BCUT2D eigenvalue weighted by Crippen LogP contribution is -2.65. The lowest BCUT2D eigenvalue weighted by molar-refractivity contribution is -0.259. The Bertz CT molecular complexity index is 476. The van der Waals surface area contributed by atoms with Gasteiger partial charge in [-0.3, -0.25) is 0 Å². The molecule has 0 saturated carbocycles. The second-order valence-corrected chi connectivity index (χ2v) is 29.4. The molecule has 1 saturated heterocycles.